The van der Waals surface area contributed by atoms with Crippen molar-refractivity contribution in [3.05, 3.63) is 22.4 Å². The summed E-state index contributed by atoms with van der Waals surface area (Å²) in [5, 5.41) is 13.0. The van der Waals surface area contributed by atoms with E-state index in [1.54, 1.807) is 23.2 Å². The van der Waals surface area contributed by atoms with Gasteiger partial charge in [-0.3, -0.25) is 9.59 Å². The van der Waals surface area contributed by atoms with E-state index in [-0.39, 0.29) is 5.91 Å². The van der Waals surface area contributed by atoms with E-state index < -0.39 is 11.4 Å². The van der Waals surface area contributed by atoms with E-state index in [1.807, 2.05) is 16.8 Å². The second-order valence-electron chi connectivity index (χ2n) is 4.74. The molecule has 0 spiro atoms. The van der Waals surface area contributed by atoms with Crippen LogP contribution < -0.4 is 0 Å². The van der Waals surface area contributed by atoms with Crippen LogP contribution in [0.2, 0.25) is 0 Å². The molecular weight excluding hydrogens is 238 g/mol. The highest BCUT2D eigenvalue weighted by Crippen LogP contribution is 2.30. The predicted molar refractivity (Wildman–Crippen MR) is 65.0 cm³/mol. The van der Waals surface area contributed by atoms with Gasteiger partial charge >= 0.3 is 5.97 Å². The maximum atomic E-state index is 12.0. The summed E-state index contributed by atoms with van der Waals surface area (Å²) < 4.78 is 0. The van der Waals surface area contributed by atoms with Crippen molar-refractivity contribution in [2.24, 2.45) is 5.41 Å². The Balaban J connectivity index is 1.97. The van der Waals surface area contributed by atoms with E-state index in [9.17, 15) is 9.59 Å². The number of aliphatic carboxylic acids is 1. The summed E-state index contributed by atoms with van der Waals surface area (Å²) in [6.45, 7) is 2.57. The average Bonchev–Trinajstić information content (AvgIpc) is 2.88. The molecule has 1 atom stereocenters. The van der Waals surface area contributed by atoms with Crippen molar-refractivity contribution in [1.82, 2.24) is 4.90 Å². The molecule has 1 amide bonds. The molecule has 17 heavy (non-hydrogen) atoms. The highest BCUT2D eigenvalue weighted by molar-refractivity contribution is 7.07. The zero-order valence-corrected chi connectivity index (χ0v) is 10.5. The van der Waals surface area contributed by atoms with Crippen molar-refractivity contribution in [1.29, 1.82) is 0 Å². The van der Waals surface area contributed by atoms with Gasteiger partial charge in [-0.1, -0.05) is 0 Å². The van der Waals surface area contributed by atoms with Gasteiger partial charge in [-0.25, -0.2) is 0 Å². The second kappa shape index (κ2) is 4.49. The van der Waals surface area contributed by atoms with Crippen LogP contribution in [0, 0.1) is 5.41 Å². The standard InChI is InChI=1S/C12H15NO3S/c1-12(11(15)16)3-4-13(8-12)10(14)6-9-2-5-17-7-9/h2,5,7H,3-4,6,8H2,1H3,(H,15,16)/t12-/m0/s1. The third-order valence-corrected chi connectivity index (χ3v) is 4.01. The van der Waals surface area contributed by atoms with Gasteiger partial charge in [-0.2, -0.15) is 11.3 Å². The number of hydrogen-bond acceptors (Lipinski definition) is 3. The van der Waals surface area contributed by atoms with Crippen molar-refractivity contribution >= 4 is 23.2 Å². The summed E-state index contributed by atoms with van der Waals surface area (Å²) in [7, 11) is 0. The Kier molecular flexibility index (Phi) is 3.19. The quantitative estimate of drug-likeness (QED) is 0.890. The maximum absolute atomic E-state index is 12.0. The van der Waals surface area contributed by atoms with Crippen LogP contribution in [0.5, 0.6) is 0 Å². The fraction of sp³-hybridized carbons (Fsp3) is 0.500. The SMILES string of the molecule is C[C@]1(C(=O)O)CCN(C(=O)Cc2ccsc2)C1. The maximum Gasteiger partial charge on any atom is 0.311 e. The minimum Gasteiger partial charge on any atom is -0.481 e. The fourth-order valence-electron chi connectivity index (χ4n) is 2.03. The van der Waals surface area contributed by atoms with E-state index in [1.165, 1.54) is 0 Å². The molecule has 5 heteroatoms. The van der Waals surface area contributed by atoms with E-state index in [4.69, 9.17) is 5.11 Å². The monoisotopic (exact) mass is 253 g/mol. The molecule has 0 aliphatic carbocycles. The van der Waals surface area contributed by atoms with Crippen molar-refractivity contribution in [3.8, 4) is 0 Å². The smallest absolute Gasteiger partial charge is 0.311 e. The van der Waals surface area contributed by atoms with Crippen LogP contribution in [0.3, 0.4) is 0 Å². The fourth-order valence-corrected chi connectivity index (χ4v) is 2.70. The molecule has 2 heterocycles. The first kappa shape index (κ1) is 12.1. The normalized spacial score (nSPS) is 23.9. The number of amides is 1. The second-order valence-corrected chi connectivity index (χ2v) is 5.52. The largest absolute Gasteiger partial charge is 0.481 e. The summed E-state index contributed by atoms with van der Waals surface area (Å²) in [4.78, 5) is 24.7. The molecule has 0 bridgehead atoms. The van der Waals surface area contributed by atoms with Gasteiger partial charge in [0, 0.05) is 13.1 Å². The lowest BCUT2D eigenvalue weighted by Crippen LogP contribution is -2.35. The third-order valence-electron chi connectivity index (χ3n) is 3.28. The van der Waals surface area contributed by atoms with Gasteiger partial charge in [0.1, 0.15) is 0 Å². The van der Waals surface area contributed by atoms with Crippen molar-refractivity contribution in [3.63, 3.8) is 0 Å². The van der Waals surface area contributed by atoms with Crippen molar-refractivity contribution in [2.45, 2.75) is 19.8 Å². The molecule has 1 aliphatic heterocycles. The molecule has 92 valence electrons. The number of nitrogens with zero attached hydrogens (tertiary/aromatic N) is 1. The molecule has 1 aromatic heterocycles. The Morgan fingerprint density at radius 3 is 2.88 bits per heavy atom. The highest BCUT2D eigenvalue weighted by Gasteiger charge is 2.41. The Labute approximate surface area is 104 Å². The molecule has 0 aromatic carbocycles. The number of carboxylic acid groups (broad SMARTS) is 1. The number of rotatable bonds is 3. The topological polar surface area (TPSA) is 57.6 Å². The lowest BCUT2D eigenvalue weighted by Gasteiger charge is -2.20. The number of thiophene rings is 1. The van der Waals surface area contributed by atoms with E-state index >= 15 is 0 Å². The van der Waals surface area contributed by atoms with Gasteiger partial charge < -0.3 is 10.0 Å². The molecule has 1 saturated heterocycles. The third kappa shape index (κ3) is 2.49. The van der Waals surface area contributed by atoms with Crippen LogP contribution in [-0.4, -0.2) is 35.0 Å². The molecule has 1 N–H and O–H groups in total. The summed E-state index contributed by atoms with van der Waals surface area (Å²) in [6.07, 6.45) is 0.914. The van der Waals surface area contributed by atoms with Crippen LogP contribution in [0.25, 0.3) is 0 Å². The van der Waals surface area contributed by atoms with E-state index in [0.717, 1.165) is 5.56 Å². The Morgan fingerprint density at radius 2 is 2.35 bits per heavy atom. The molecular formula is C12H15NO3S. The minimum atomic E-state index is -0.816. The number of carbonyl (C=O) groups excluding carboxylic acids is 1. The van der Waals surface area contributed by atoms with Gasteiger partial charge in [-0.05, 0) is 35.7 Å². The van der Waals surface area contributed by atoms with Crippen LogP contribution in [0.1, 0.15) is 18.9 Å². The first-order chi connectivity index (χ1) is 8.01. The summed E-state index contributed by atoms with van der Waals surface area (Å²) >= 11 is 1.56. The first-order valence-electron chi connectivity index (χ1n) is 5.53. The Hall–Kier alpha value is -1.36. The highest BCUT2D eigenvalue weighted by atomic mass is 32.1. The summed E-state index contributed by atoms with van der Waals surface area (Å²) in [6, 6.07) is 1.93. The van der Waals surface area contributed by atoms with Crippen LogP contribution in [-0.2, 0) is 16.0 Å². The minimum absolute atomic E-state index is 0.0216. The van der Waals surface area contributed by atoms with Crippen molar-refractivity contribution < 1.29 is 14.7 Å². The molecule has 0 unspecified atom stereocenters. The zero-order valence-electron chi connectivity index (χ0n) is 9.68. The van der Waals surface area contributed by atoms with Crippen LogP contribution >= 0.6 is 11.3 Å². The van der Waals surface area contributed by atoms with Gasteiger partial charge in [0.15, 0.2) is 0 Å². The molecule has 2 rings (SSSR count). The zero-order chi connectivity index (χ0) is 12.5. The Morgan fingerprint density at radius 1 is 1.59 bits per heavy atom. The lowest BCUT2D eigenvalue weighted by atomic mass is 9.90. The average molecular weight is 253 g/mol. The molecule has 1 aromatic rings. The number of carbonyl (C=O) groups is 2. The Bertz CT molecular complexity index is 429. The predicted octanol–water partition coefficient (Wildman–Crippen LogP) is 1.61. The molecule has 0 saturated carbocycles. The molecule has 1 aliphatic rings. The van der Waals surface area contributed by atoms with E-state index in [0.29, 0.717) is 25.9 Å². The summed E-state index contributed by atoms with van der Waals surface area (Å²) in [5.41, 5.74) is 0.230. The lowest BCUT2D eigenvalue weighted by molar-refractivity contribution is -0.147. The van der Waals surface area contributed by atoms with Gasteiger partial charge in [0.2, 0.25) is 5.91 Å². The number of likely N-dealkylation sites (tertiary alicyclic amines) is 1. The van der Waals surface area contributed by atoms with Crippen molar-refractivity contribution in [2.75, 3.05) is 13.1 Å². The molecule has 0 radical (unpaired) electrons. The van der Waals surface area contributed by atoms with Gasteiger partial charge in [0.25, 0.3) is 0 Å². The van der Waals surface area contributed by atoms with Gasteiger partial charge in [-0.15, -0.1) is 0 Å². The number of carboxylic acids is 1. The molecule has 4 nitrogen and oxygen atoms in total. The van der Waals surface area contributed by atoms with Crippen LogP contribution in [0.4, 0.5) is 0 Å². The van der Waals surface area contributed by atoms with Gasteiger partial charge in [0.05, 0.1) is 11.8 Å². The van der Waals surface area contributed by atoms with Crippen LogP contribution in [0.15, 0.2) is 16.8 Å². The first-order valence-corrected chi connectivity index (χ1v) is 6.48. The van der Waals surface area contributed by atoms with E-state index in [2.05, 4.69) is 0 Å². The number of hydrogen-bond donors (Lipinski definition) is 1. The molecule has 1 fully saturated rings. The summed E-state index contributed by atoms with van der Waals surface area (Å²) in [5.74, 6) is -0.795.